The minimum atomic E-state index is -0.385. The molecule has 0 radical (unpaired) electrons. The summed E-state index contributed by atoms with van der Waals surface area (Å²) in [6.45, 7) is 8.13. The van der Waals surface area contributed by atoms with Gasteiger partial charge in [0.1, 0.15) is 11.4 Å². The van der Waals surface area contributed by atoms with E-state index >= 15 is 0 Å². The fraction of sp³-hybridized carbons (Fsp3) is 0.273. The first-order valence-corrected chi connectivity index (χ1v) is 8.94. The van der Waals surface area contributed by atoms with Crippen LogP contribution in [0.1, 0.15) is 31.9 Å². The van der Waals surface area contributed by atoms with Crippen LogP contribution in [0.4, 0.5) is 5.69 Å². The minimum Gasteiger partial charge on any atom is -0.493 e. The maximum Gasteiger partial charge on any atom is 0.272 e. The second kappa shape index (κ2) is 9.57. The molecule has 0 aromatic heterocycles. The minimum absolute atomic E-state index is 0.192. The van der Waals surface area contributed by atoms with Gasteiger partial charge in [-0.05, 0) is 54.3 Å². The zero-order chi connectivity index (χ0) is 19.8. The number of carbonyl (C=O) groups excluding carboxylic acids is 2. The largest absolute Gasteiger partial charge is 0.493 e. The molecule has 0 spiro atoms. The summed E-state index contributed by atoms with van der Waals surface area (Å²) in [5, 5.41) is 5.41. The predicted octanol–water partition coefficient (Wildman–Crippen LogP) is 4.15. The molecule has 0 bridgehead atoms. The molecule has 2 N–H and O–H groups in total. The van der Waals surface area contributed by atoms with Gasteiger partial charge < -0.3 is 15.4 Å². The van der Waals surface area contributed by atoms with E-state index < -0.39 is 0 Å². The van der Waals surface area contributed by atoms with Crippen molar-refractivity contribution in [3.63, 3.8) is 0 Å². The first-order chi connectivity index (χ1) is 12.8. The number of ether oxygens (including phenoxy) is 1. The molecule has 0 atom stereocenters. The summed E-state index contributed by atoms with van der Waals surface area (Å²) in [4.78, 5) is 24.1. The Balaban J connectivity index is 2.14. The van der Waals surface area contributed by atoms with Gasteiger partial charge in [-0.15, -0.1) is 0 Å². The molecule has 0 heterocycles. The van der Waals surface area contributed by atoms with Crippen LogP contribution in [0.2, 0.25) is 0 Å². The predicted molar refractivity (Wildman–Crippen MR) is 108 cm³/mol. The van der Waals surface area contributed by atoms with Gasteiger partial charge in [-0.25, -0.2) is 0 Å². The molecule has 0 fully saturated rings. The van der Waals surface area contributed by atoms with Crippen LogP contribution >= 0.6 is 0 Å². The van der Waals surface area contributed by atoms with Gasteiger partial charge in [-0.2, -0.15) is 0 Å². The quantitative estimate of drug-likeness (QED) is 0.724. The van der Waals surface area contributed by atoms with Crippen molar-refractivity contribution in [1.82, 2.24) is 5.32 Å². The summed E-state index contributed by atoms with van der Waals surface area (Å²) in [6, 6.07) is 14.8. The molecule has 2 aromatic carbocycles. The van der Waals surface area contributed by atoms with Crippen molar-refractivity contribution in [3.8, 4) is 5.75 Å². The van der Waals surface area contributed by atoms with Crippen LogP contribution in [-0.4, -0.2) is 18.4 Å². The Hall–Kier alpha value is -3.08. The van der Waals surface area contributed by atoms with E-state index in [9.17, 15) is 9.59 Å². The lowest BCUT2D eigenvalue weighted by atomic mass is 10.1. The van der Waals surface area contributed by atoms with Crippen molar-refractivity contribution < 1.29 is 14.3 Å². The van der Waals surface area contributed by atoms with Gasteiger partial charge in [0.05, 0.1) is 6.61 Å². The Labute approximate surface area is 160 Å². The van der Waals surface area contributed by atoms with Gasteiger partial charge in [0, 0.05) is 12.6 Å². The highest BCUT2D eigenvalue weighted by molar-refractivity contribution is 6.08. The van der Waals surface area contributed by atoms with Crippen LogP contribution in [0.5, 0.6) is 5.75 Å². The number of amides is 2. The Morgan fingerprint density at radius 3 is 2.33 bits per heavy atom. The SMILES string of the molecule is CC(=O)NC(=Cc1ccccc1C)C(=O)Nc1ccc(OCC(C)C)cc1. The average Bonchev–Trinajstić information content (AvgIpc) is 2.62. The Morgan fingerprint density at radius 2 is 1.74 bits per heavy atom. The summed E-state index contributed by atoms with van der Waals surface area (Å²) in [5.41, 5.74) is 2.70. The van der Waals surface area contributed by atoms with E-state index in [1.807, 2.05) is 31.2 Å². The zero-order valence-electron chi connectivity index (χ0n) is 16.2. The monoisotopic (exact) mass is 366 g/mol. The third-order valence-electron chi connectivity index (χ3n) is 3.74. The summed E-state index contributed by atoms with van der Waals surface area (Å²) in [7, 11) is 0. The number of hydrogen-bond acceptors (Lipinski definition) is 3. The summed E-state index contributed by atoms with van der Waals surface area (Å²) in [5.74, 6) is 0.502. The van der Waals surface area contributed by atoms with Crippen molar-refractivity contribution in [3.05, 3.63) is 65.4 Å². The van der Waals surface area contributed by atoms with E-state index in [0.29, 0.717) is 18.2 Å². The maximum absolute atomic E-state index is 12.6. The van der Waals surface area contributed by atoms with E-state index in [1.165, 1.54) is 6.92 Å². The molecule has 0 aliphatic heterocycles. The second-order valence-electron chi connectivity index (χ2n) is 6.78. The standard InChI is InChI=1S/C22H26N2O3/c1-15(2)14-27-20-11-9-19(10-12-20)24-22(26)21(23-17(4)25)13-18-8-6-5-7-16(18)3/h5-13,15H,14H2,1-4H3,(H,23,25)(H,24,26). The van der Waals surface area contributed by atoms with Crippen molar-refractivity contribution >= 4 is 23.6 Å². The summed E-state index contributed by atoms with van der Waals surface area (Å²) in [6.07, 6.45) is 1.67. The van der Waals surface area contributed by atoms with Gasteiger partial charge in [0.15, 0.2) is 0 Å². The van der Waals surface area contributed by atoms with Crippen LogP contribution < -0.4 is 15.4 Å². The Morgan fingerprint density at radius 1 is 1.07 bits per heavy atom. The van der Waals surface area contributed by atoms with Crippen LogP contribution in [-0.2, 0) is 9.59 Å². The normalized spacial score (nSPS) is 11.2. The number of hydrogen-bond donors (Lipinski definition) is 2. The smallest absolute Gasteiger partial charge is 0.272 e. The van der Waals surface area contributed by atoms with Gasteiger partial charge in [-0.1, -0.05) is 38.1 Å². The van der Waals surface area contributed by atoms with Crippen LogP contribution in [0.25, 0.3) is 6.08 Å². The van der Waals surface area contributed by atoms with Crippen LogP contribution in [0.3, 0.4) is 0 Å². The average molecular weight is 366 g/mol. The third-order valence-corrected chi connectivity index (χ3v) is 3.74. The first-order valence-electron chi connectivity index (χ1n) is 8.94. The lowest BCUT2D eigenvalue weighted by Gasteiger charge is -2.12. The number of nitrogens with one attached hydrogen (secondary N) is 2. The molecule has 2 aromatic rings. The first kappa shape index (κ1) is 20.2. The van der Waals surface area contributed by atoms with Crippen molar-refractivity contribution in [1.29, 1.82) is 0 Å². The highest BCUT2D eigenvalue weighted by Crippen LogP contribution is 2.18. The summed E-state index contributed by atoms with van der Waals surface area (Å²) >= 11 is 0. The molecule has 5 nitrogen and oxygen atoms in total. The lowest BCUT2D eigenvalue weighted by molar-refractivity contribution is -0.120. The Kier molecular flexibility index (Phi) is 7.17. The molecule has 0 saturated heterocycles. The number of rotatable bonds is 7. The van der Waals surface area contributed by atoms with E-state index in [-0.39, 0.29) is 17.5 Å². The van der Waals surface area contributed by atoms with Crippen molar-refractivity contribution in [2.75, 3.05) is 11.9 Å². The molecule has 0 aliphatic rings. The molecular weight excluding hydrogens is 340 g/mol. The van der Waals surface area contributed by atoms with Crippen molar-refractivity contribution in [2.24, 2.45) is 5.92 Å². The zero-order valence-corrected chi connectivity index (χ0v) is 16.2. The molecule has 0 unspecified atom stereocenters. The van der Waals surface area contributed by atoms with E-state index in [4.69, 9.17) is 4.74 Å². The van der Waals surface area contributed by atoms with E-state index in [1.54, 1.807) is 30.3 Å². The van der Waals surface area contributed by atoms with E-state index in [2.05, 4.69) is 24.5 Å². The molecule has 142 valence electrons. The highest BCUT2D eigenvalue weighted by Gasteiger charge is 2.12. The summed E-state index contributed by atoms with van der Waals surface area (Å²) < 4.78 is 5.64. The van der Waals surface area contributed by atoms with Crippen molar-refractivity contribution in [2.45, 2.75) is 27.7 Å². The maximum atomic E-state index is 12.6. The van der Waals surface area contributed by atoms with Crippen LogP contribution in [0.15, 0.2) is 54.2 Å². The molecule has 2 rings (SSSR count). The number of benzene rings is 2. The molecular formula is C22H26N2O3. The van der Waals surface area contributed by atoms with Gasteiger partial charge in [-0.3, -0.25) is 9.59 Å². The number of aryl methyl sites for hydroxylation is 1. The van der Waals surface area contributed by atoms with Gasteiger partial charge in [0.25, 0.3) is 5.91 Å². The number of anilines is 1. The molecule has 27 heavy (non-hydrogen) atoms. The Bertz CT molecular complexity index is 824. The molecule has 2 amide bonds. The van der Waals surface area contributed by atoms with Gasteiger partial charge in [0.2, 0.25) is 5.91 Å². The van der Waals surface area contributed by atoms with Gasteiger partial charge >= 0.3 is 0 Å². The third kappa shape index (κ3) is 6.62. The molecule has 0 saturated carbocycles. The molecule has 5 heteroatoms. The second-order valence-corrected chi connectivity index (χ2v) is 6.78. The molecule has 0 aliphatic carbocycles. The lowest BCUT2D eigenvalue weighted by Crippen LogP contribution is -2.29. The number of carbonyl (C=O) groups is 2. The topological polar surface area (TPSA) is 67.4 Å². The van der Waals surface area contributed by atoms with E-state index in [0.717, 1.165) is 16.9 Å². The highest BCUT2D eigenvalue weighted by atomic mass is 16.5. The fourth-order valence-corrected chi connectivity index (χ4v) is 2.35. The van der Waals surface area contributed by atoms with Crippen LogP contribution in [0, 0.1) is 12.8 Å². The fourth-order valence-electron chi connectivity index (χ4n) is 2.35.